The van der Waals surface area contributed by atoms with Gasteiger partial charge in [-0.25, -0.2) is 14.2 Å². The Labute approximate surface area is 188 Å². The predicted molar refractivity (Wildman–Crippen MR) is 124 cm³/mol. The fraction of sp³-hybridized carbons (Fsp3) is 0.609. The van der Waals surface area contributed by atoms with Gasteiger partial charge in [0.05, 0.1) is 24.2 Å². The second-order valence-electron chi connectivity index (χ2n) is 9.27. The largest absolute Gasteiger partial charge is 0.379 e. The molecule has 0 spiro atoms. The third-order valence-electron chi connectivity index (χ3n) is 5.86. The van der Waals surface area contributed by atoms with Crippen molar-refractivity contribution >= 4 is 23.0 Å². The van der Waals surface area contributed by atoms with Crippen molar-refractivity contribution in [1.29, 1.82) is 0 Å². The molecule has 1 aromatic heterocycles. The monoisotopic (exact) mass is 445 g/mol. The van der Waals surface area contributed by atoms with Gasteiger partial charge < -0.3 is 15.0 Å². The highest BCUT2D eigenvalue weighted by atomic mass is 16.5. The molecular formula is C23H35N5O4. The van der Waals surface area contributed by atoms with Crippen molar-refractivity contribution in [1.82, 2.24) is 24.3 Å². The molecule has 0 saturated carbocycles. The second-order valence-corrected chi connectivity index (χ2v) is 9.27. The number of nitrogens with zero attached hydrogens (tertiary/aromatic N) is 4. The van der Waals surface area contributed by atoms with Crippen LogP contribution in [-0.2, 0) is 16.1 Å². The Bertz CT molecular complexity index is 1020. The summed E-state index contributed by atoms with van der Waals surface area (Å²) in [6.07, 6.45) is 0.459. The Morgan fingerprint density at radius 2 is 1.75 bits per heavy atom. The Balaban J connectivity index is 1.93. The standard InChI is InChI=1S/C23H35N5O4/c1-17(2)16-23(3,20(29)25(4)5)24-21(30)28-19-9-7-6-8-18(19)27(22(28)31)11-10-26-12-14-32-15-13-26/h6-9,17H,10-16H2,1-5H3,(H,24,30). The number of imidazole rings is 1. The molecule has 9 nitrogen and oxygen atoms in total. The summed E-state index contributed by atoms with van der Waals surface area (Å²) in [5.74, 6) is -0.0283. The topological polar surface area (TPSA) is 88.8 Å². The summed E-state index contributed by atoms with van der Waals surface area (Å²) in [7, 11) is 3.33. The number of benzene rings is 1. The molecule has 1 aliphatic rings. The average Bonchev–Trinajstić information content (AvgIpc) is 3.02. The number of amides is 2. The van der Waals surface area contributed by atoms with Crippen molar-refractivity contribution in [3.63, 3.8) is 0 Å². The van der Waals surface area contributed by atoms with E-state index in [0.29, 0.717) is 43.8 Å². The zero-order chi connectivity index (χ0) is 23.5. The maximum Gasteiger partial charge on any atom is 0.337 e. The number of aromatic nitrogens is 2. The zero-order valence-corrected chi connectivity index (χ0v) is 19.8. The lowest BCUT2D eigenvalue weighted by atomic mass is 9.89. The van der Waals surface area contributed by atoms with Gasteiger partial charge in [0.15, 0.2) is 0 Å². The number of likely N-dealkylation sites (N-methyl/N-ethyl adjacent to an activating group) is 1. The molecule has 1 unspecified atom stereocenters. The van der Waals surface area contributed by atoms with Crippen LogP contribution in [0.25, 0.3) is 11.0 Å². The van der Waals surface area contributed by atoms with E-state index >= 15 is 0 Å². The average molecular weight is 446 g/mol. The van der Waals surface area contributed by atoms with Crippen molar-refractivity contribution in [2.24, 2.45) is 5.92 Å². The Kier molecular flexibility index (Phi) is 7.40. The van der Waals surface area contributed by atoms with Crippen LogP contribution in [0.4, 0.5) is 4.79 Å². The number of carbonyl (C=O) groups excluding carboxylic acids is 2. The minimum atomic E-state index is -1.12. The molecule has 9 heteroatoms. The number of ether oxygens (including phenoxy) is 1. The van der Waals surface area contributed by atoms with Gasteiger partial charge in [0, 0.05) is 40.3 Å². The van der Waals surface area contributed by atoms with Crippen molar-refractivity contribution in [3.05, 3.63) is 34.7 Å². The minimum absolute atomic E-state index is 0.177. The summed E-state index contributed by atoms with van der Waals surface area (Å²) >= 11 is 0. The molecule has 32 heavy (non-hydrogen) atoms. The number of nitrogens with one attached hydrogen (secondary N) is 1. The molecule has 2 amide bonds. The van der Waals surface area contributed by atoms with Crippen LogP contribution in [0.2, 0.25) is 0 Å². The van der Waals surface area contributed by atoms with Gasteiger partial charge in [-0.1, -0.05) is 26.0 Å². The summed E-state index contributed by atoms with van der Waals surface area (Å²) in [5.41, 5.74) is -0.293. The van der Waals surface area contributed by atoms with Crippen LogP contribution in [0.5, 0.6) is 0 Å². The molecule has 2 aromatic rings. The predicted octanol–water partition coefficient (Wildman–Crippen LogP) is 1.59. The van der Waals surface area contributed by atoms with Crippen LogP contribution in [0, 0.1) is 5.92 Å². The first kappa shape index (κ1) is 24.0. The molecule has 0 radical (unpaired) electrons. The molecule has 1 N–H and O–H groups in total. The number of morpholine rings is 1. The van der Waals surface area contributed by atoms with Crippen LogP contribution in [0.3, 0.4) is 0 Å². The van der Waals surface area contributed by atoms with Crippen LogP contribution < -0.4 is 11.0 Å². The quantitative estimate of drug-likeness (QED) is 0.699. The van der Waals surface area contributed by atoms with Gasteiger partial charge >= 0.3 is 11.7 Å². The highest BCUT2D eigenvalue weighted by Crippen LogP contribution is 2.20. The van der Waals surface area contributed by atoms with Crippen LogP contribution >= 0.6 is 0 Å². The minimum Gasteiger partial charge on any atom is -0.379 e. The molecule has 176 valence electrons. The van der Waals surface area contributed by atoms with E-state index in [1.165, 1.54) is 4.90 Å². The summed E-state index contributed by atoms with van der Waals surface area (Å²) in [5, 5.41) is 2.87. The number of para-hydroxylation sites is 2. The van der Waals surface area contributed by atoms with Gasteiger partial charge in [0.2, 0.25) is 5.91 Å². The lowest BCUT2D eigenvalue weighted by molar-refractivity contribution is -0.135. The molecule has 2 heterocycles. The molecule has 1 aliphatic heterocycles. The molecule has 1 atom stereocenters. The lowest BCUT2D eigenvalue weighted by Gasteiger charge is -2.33. The smallest absolute Gasteiger partial charge is 0.337 e. The van der Waals surface area contributed by atoms with Gasteiger partial charge in [-0.15, -0.1) is 0 Å². The first-order valence-electron chi connectivity index (χ1n) is 11.2. The molecule has 1 saturated heterocycles. The van der Waals surface area contributed by atoms with Crippen molar-refractivity contribution < 1.29 is 14.3 Å². The lowest BCUT2D eigenvalue weighted by Crippen LogP contribution is -2.58. The van der Waals surface area contributed by atoms with E-state index in [-0.39, 0.29) is 11.8 Å². The third kappa shape index (κ3) is 5.05. The zero-order valence-electron chi connectivity index (χ0n) is 19.8. The maximum absolute atomic E-state index is 13.4. The van der Waals surface area contributed by atoms with E-state index in [0.717, 1.165) is 17.7 Å². The highest BCUT2D eigenvalue weighted by Gasteiger charge is 2.38. The summed E-state index contributed by atoms with van der Waals surface area (Å²) in [6.45, 7) is 9.91. The second kappa shape index (κ2) is 9.87. The van der Waals surface area contributed by atoms with E-state index in [4.69, 9.17) is 4.74 Å². The molecular weight excluding hydrogens is 410 g/mol. The Hall–Kier alpha value is -2.65. The van der Waals surface area contributed by atoms with Crippen molar-refractivity contribution in [2.45, 2.75) is 39.3 Å². The molecule has 0 aliphatic carbocycles. The van der Waals surface area contributed by atoms with Crippen LogP contribution in [0.15, 0.2) is 29.1 Å². The Morgan fingerprint density at radius 3 is 2.34 bits per heavy atom. The van der Waals surface area contributed by atoms with E-state index < -0.39 is 17.3 Å². The SMILES string of the molecule is CC(C)CC(C)(NC(=O)n1c(=O)n(CCN2CCOCC2)c2ccccc21)C(=O)N(C)C. The van der Waals surface area contributed by atoms with Crippen molar-refractivity contribution in [3.8, 4) is 0 Å². The maximum atomic E-state index is 13.4. The molecule has 0 bridgehead atoms. The molecule has 1 fully saturated rings. The van der Waals surface area contributed by atoms with E-state index in [1.807, 2.05) is 26.0 Å². The first-order valence-corrected chi connectivity index (χ1v) is 11.2. The molecule has 3 rings (SSSR count). The first-order chi connectivity index (χ1) is 15.1. The highest BCUT2D eigenvalue weighted by molar-refractivity contribution is 5.94. The van der Waals surface area contributed by atoms with Gasteiger partial charge in [-0.2, -0.15) is 0 Å². The number of carbonyl (C=O) groups is 2. The summed E-state index contributed by atoms with van der Waals surface area (Å²) < 4.78 is 8.18. The Morgan fingerprint density at radius 1 is 1.12 bits per heavy atom. The van der Waals surface area contributed by atoms with E-state index in [9.17, 15) is 14.4 Å². The number of fused-ring (bicyclic) bond motifs is 1. The van der Waals surface area contributed by atoms with Gasteiger partial charge in [-0.05, 0) is 31.4 Å². The third-order valence-corrected chi connectivity index (χ3v) is 5.86. The van der Waals surface area contributed by atoms with Gasteiger partial charge in [0.25, 0.3) is 0 Å². The van der Waals surface area contributed by atoms with Gasteiger partial charge in [-0.3, -0.25) is 14.3 Å². The summed E-state index contributed by atoms with van der Waals surface area (Å²) in [4.78, 5) is 43.3. The van der Waals surface area contributed by atoms with Gasteiger partial charge in [0.1, 0.15) is 5.54 Å². The summed E-state index contributed by atoms with van der Waals surface area (Å²) in [6, 6.07) is 6.67. The van der Waals surface area contributed by atoms with E-state index in [2.05, 4.69) is 10.2 Å². The fourth-order valence-electron chi connectivity index (χ4n) is 4.48. The fourth-order valence-corrected chi connectivity index (χ4v) is 4.48. The number of hydrogen-bond donors (Lipinski definition) is 1. The number of hydrogen-bond acceptors (Lipinski definition) is 5. The van der Waals surface area contributed by atoms with Crippen LogP contribution in [-0.4, -0.2) is 83.4 Å². The number of rotatable bonds is 7. The van der Waals surface area contributed by atoms with Crippen LogP contribution in [0.1, 0.15) is 27.2 Å². The normalized spacial score (nSPS) is 16.8. The van der Waals surface area contributed by atoms with E-state index in [1.54, 1.807) is 37.7 Å². The van der Waals surface area contributed by atoms with Crippen molar-refractivity contribution in [2.75, 3.05) is 46.9 Å². The molecule has 1 aromatic carbocycles.